The van der Waals surface area contributed by atoms with Crippen LogP contribution in [0.4, 0.5) is 0 Å². The SMILES string of the molecule is CCCCC(CC)Cn1c(C(C)C)c[nH]c1=S. The minimum Gasteiger partial charge on any atom is -0.337 e. The second-order valence-electron chi connectivity index (χ2n) is 5.20. The molecule has 3 heteroatoms. The average molecular weight is 254 g/mol. The summed E-state index contributed by atoms with van der Waals surface area (Å²) in [7, 11) is 0. The molecule has 1 rings (SSSR count). The molecule has 1 unspecified atom stereocenters. The molecule has 2 nitrogen and oxygen atoms in total. The molecule has 0 bridgehead atoms. The second kappa shape index (κ2) is 7.00. The van der Waals surface area contributed by atoms with Crippen molar-refractivity contribution >= 4 is 12.2 Å². The number of H-pyrrole nitrogens is 1. The summed E-state index contributed by atoms with van der Waals surface area (Å²) < 4.78 is 3.17. The van der Waals surface area contributed by atoms with Crippen LogP contribution in [0.2, 0.25) is 0 Å². The minimum absolute atomic E-state index is 0.534. The zero-order valence-electron chi connectivity index (χ0n) is 11.6. The van der Waals surface area contributed by atoms with Crippen LogP contribution in [-0.2, 0) is 6.54 Å². The summed E-state index contributed by atoms with van der Waals surface area (Å²) in [6.45, 7) is 10.1. The highest BCUT2D eigenvalue weighted by molar-refractivity contribution is 7.71. The predicted octanol–water partition coefficient (Wildman–Crippen LogP) is 4.89. The van der Waals surface area contributed by atoms with Crippen LogP contribution in [0, 0.1) is 10.7 Å². The van der Waals surface area contributed by atoms with Gasteiger partial charge >= 0.3 is 0 Å². The van der Waals surface area contributed by atoms with Gasteiger partial charge in [-0.1, -0.05) is 47.0 Å². The summed E-state index contributed by atoms with van der Waals surface area (Å²) in [5.41, 5.74) is 1.34. The van der Waals surface area contributed by atoms with Crippen molar-refractivity contribution in [3.05, 3.63) is 16.7 Å². The highest BCUT2D eigenvalue weighted by Gasteiger charge is 2.12. The largest absolute Gasteiger partial charge is 0.337 e. The maximum absolute atomic E-state index is 5.38. The Morgan fingerprint density at radius 1 is 1.35 bits per heavy atom. The van der Waals surface area contributed by atoms with Gasteiger partial charge in [-0.3, -0.25) is 0 Å². The van der Waals surface area contributed by atoms with Crippen molar-refractivity contribution in [2.75, 3.05) is 0 Å². The van der Waals surface area contributed by atoms with Gasteiger partial charge in [-0.2, -0.15) is 0 Å². The van der Waals surface area contributed by atoms with Gasteiger partial charge in [0.1, 0.15) is 0 Å². The highest BCUT2D eigenvalue weighted by Crippen LogP contribution is 2.20. The lowest BCUT2D eigenvalue weighted by Crippen LogP contribution is -2.13. The maximum atomic E-state index is 5.38. The maximum Gasteiger partial charge on any atom is 0.177 e. The number of imidazole rings is 1. The predicted molar refractivity (Wildman–Crippen MR) is 77.0 cm³/mol. The van der Waals surface area contributed by atoms with Crippen LogP contribution >= 0.6 is 12.2 Å². The lowest BCUT2D eigenvalue weighted by Gasteiger charge is -2.18. The van der Waals surface area contributed by atoms with Gasteiger partial charge in [0, 0.05) is 18.4 Å². The van der Waals surface area contributed by atoms with Gasteiger partial charge in [0.25, 0.3) is 0 Å². The first-order chi connectivity index (χ1) is 8.10. The Morgan fingerprint density at radius 2 is 2.06 bits per heavy atom. The lowest BCUT2D eigenvalue weighted by atomic mass is 9.99. The van der Waals surface area contributed by atoms with Gasteiger partial charge in [0.15, 0.2) is 4.77 Å². The van der Waals surface area contributed by atoms with E-state index in [4.69, 9.17) is 12.2 Å². The van der Waals surface area contributed by atoms with Crippen molar-refractivity contribution in [1.29, 1.82) is 0 Å². The molecule has 0 aliphatic rings. The van der Waals surface area contributed by atoms with Gasteiger partial charge in [-0.05, 0) is 30.5 Å². The Labute approximate surface area is 110 Å². The van der Waals surface area contributed by atoms with Crippen molar-refractivity contribution < 1.29 is 0 Å². The number of rotatable bonds is 7. The minimum atomic E-state index is 0.534. The number of hydrogen-bond donors (Lipinski definition) is 1. The van der Waals surface area contributed by atoms with Gasteiger partial charge in [-0.25, -0.2) is 0 Å². The molecule has 0 aliphatic heterocycles. The van der Waals surface area contributed by atoms with Gasteiger partial charge in [0.2, 0.25) is 0 Å². The molecule has 98 valence electrons. The second-order valence-corrected chi connectivity index (χ2v) is 5.59. The van der Waals surface area contributed by atoms with E-state index in [9.17, 15) is 0 Å². The third kappa shape index (κ3) is 3.98. The molecule has 17 heavy (non-hydrogen) atoms. The molecule has 0 radical (unpaired) electrons. The number of aromatic amines is 1. The Hall–Kier alpha value is -0.570. The number of unbranched alkanes of at least 4 members (excludes halogenated alkanes) is 1. The summed E-state index contributed by atoms with van der Waals surface area (Å²) >= 11 is 5.38. The van der Waals surface area contributed by atoms with Crippen LogP contribution in [-0.4, -0.2) is 9.55 Å². The van der Waals surface area contributed by atoms with Crippen LogP contribution < -0.4 is 0 Å². The van der Waals surface area contributed by atoms with E-state index in [1.54, 1.807) is 0 Å². The van der Waals surface area contributed by atoms with Crippen molar-refractivity contribution in [2.24, 2.45) is 5.92 Å². The first-order valence-electron chi connectivity index (χ1n) is 6.88. The molecule has 0 aliphatic carbocycles. The molecule has 1 N–H and O–H groups in total. The molecule has 0 saturated carbocycles. The van der Waals surface area contributed by atoms with Gasteiger partial charge in [0.05, 0.1) is 0 Å². The molecular weight excluding hydrogens is 228 g/mol. The highest BCUT2D eigenvalue weighted by atomic mass is 32.1. The standard InChI is InChI=1S/C14H26N2S/c1-5-7-8-12(6-2)10-16-13(11(3)4)9-15-14(16)17/h9,11-12H,5-8,10H2,1-4H3,(H,15,17). The molecule has 0 amide bonds. The van der Waals surface area contributed by atoms with E-state index in [2.05, 4.69) is 43.4 Å². The van der Waals surface area contributed by atoms with E-state index in [1.165, 1.54) is 31.4 Å². The number of nitrogens with one attached hydrogen (secondary N) is 1. The van der Waals surface area contributed by atoms with E-state index >= 15 is 0 Å². The van der Waals surface area contributed by atoms with E-state index in [-0.39, 0.29) is 0 Å². The number of aromatic nitrogens is 2. The van der Waals surface area contributed by atoms with Crippen molar-refractivity contribution in [3.63, 3.8) is 0 Å². The van der Waals surface area contributed by atoms with E-state index in [0.717, 1.165) is 17.2 Å². The van der Waals surface area contributed by atoms with Gasteiger partial charge < -0.3 is 9.55 Å². The summed E-state index contributed by atoms with van der Waals surface area (Å²) in [5.74, 6) is 1.29. The first-order valence-corrected chi connectivity index (χ1v) is 7.29. The summed E-state index contributed by atoms with van der Waals surface area (Å²) in [6, 6.07) is 0. The van der Waals surface area contributed by atoms with Crippen LogP contribution in [0.25, 0.3) is 0 Å². The van der Waals surface area contributed by atoms with Crippen LogP contribution in [0.5, 0.6) is 0 Å². The third-order valence-electron chi connectivity index (χ3n) is 3.48. The summed E-state index contributed by atoms with van der Waals surface area (Å²) in [4.78, 5) is 3.18. The summed E-state index contributed by atoms with van der Waals surface area (Å²) in [6.07, 6.45) is 7.24. The van der Waals surface area contributed by atoms with E-state index in [0.29, 0.717) is 5.92 Å². The fourth-order valence-corrected chi connectivity index (χ4v) is 2.49. The lowest BCUT2D eigenvalue weighted by molar-refractivity contribution is 0.381. The zero-order chi connectivity index (χ0) is 12.8. The quantitative estimate of drug-likeness (QED) is 0.687. The molecule has 1 heterocycles. The first kappa shape index (κ1) is 14.5. The molecule has 0 saturated heterocycles. The Kier molecular flexibility index (Phi) is 5.96. The molecule has 1 atom stereocenters. The van der Waals surface area contributed by atoms with Crippen LogP contribution in [0.3, 0.4) is 0 Å². The zero-order valence-corrected chi connectivity index (χ0v) is 12.4. The van der Waals surface area contributed by atoms with Crippen molar-refractivity contribution in [1.82, 2.24) is 9.55 Å². The molecule has 1 aromatic heterocycles. The summed E-state index contributed by atoms with van der Waals surface area (Å²) in [5, 5.41) is 0. The number of nitrogens with zero attached hydrogens (tertiary/aromatic N) is 1. The topological polar surface area (TPSA) is 20.7 Å². The fourth-order valence-electron chi connectivity index (χ4n) is 2.25. The smallest absolute Gasteiger partial charge is 0.177 e. The molecule has 0 fully saturated rings. The molecule has 1 aromatic rings. The fraction of sp³-hybridized carbons (Fsp3) is 0.786. The normalized spacial score (nSPS) is 13.2. The van der Waals surface area contributed by atoms with E-state index in [1.807, 2.05) is 0 Å². The molecule has 0 spiro atoms. The molecule has 0 aromatic carbocycles. The van der Waals surface area contributed by atoms with E-state index < -0.39 is 0 Å². The van der Waals surface area contributed by atoms with Crippen molar-refractivity contribution in [3.8, 4) is 0 Å². The Morgan fingerprint density at radius 3 is 2.59 bits per heavy atom. The van der Waals surface area contributed by atoms with Gasteiger partial charge in [-0.15, -0.1) is 0 Å². The van der Waals surface area contributed by atoms with Crippen LogP contribution in [0.1, 0.15) is 65.0 Å². The molecular formula is C14H26N2S. The Bertz CT molecular complexity index is 376. The monoisotopic (exact) mass is 254 g/mol. The third-order valence-corrected chi connectivity index (χ3v) is 3.81. The van der Waals surface area contributed by atoms with Crippen molar-refractivity contribution in [2.45, 2.75) is 65.8 Å². The number of hydrogen-bond acceptors (Lipinski definition) is 1. The van der Waals surface area contributed by atoms with Crippen LogP contribution in [0.15, 0.2) is 6.20 Å². The average Bonchev–Trinajstić information content (AvgIpc) is 2.66. The Balaban J connectivity index is 2.78.